The summed E-state index contributed by atoms with van der Waals surface area (Å²) in [5.74, 6) is -0.829. The van der Waals surface area contributed by atoms with Crippen LogP contribution in [-0.4, -0.2) is 5.11 Å². The van der Waals surface area contributed by atoms with Crippen molar-refractivity contribution in [2.75, 3.05) is 0 Å². The fourth-order valence-electron chi connectivity index (χ4n) is 1.79. The first-order chi connectivity index (χ1) is 8.06. The van der Waals surface area contributed by atoms with Crippen molar-refractivity contribution >= 4 is 0 Å². The summed E-state index contributed by atoms with van der Waals surface area (Å²) < 4.78 is 26.2. The molecule has 1 N–H and O–H groups in total. The second-order valence-electron chi connectivity index (χ2n) is 4.02. The molecule has 17 heavy (non-hydrogen) atoms. The van der Waals surface area contributed by atoms with Crippen LogP contribution in [0.4, 0.5) is 8.78 Å². The molecular weight excluding hydrogens is 222 g/mol. The molecule has 0 aliphatic carbocycles. The van der Waals surface area contributed by atoms with E-state index < -0.39 is 17.7 Å². The highest BCUT2D eigenvalue weighted by Crippen LogP contribution is 2.24. The van der Waals surface area contributed by atoms with Gasteiger partial charge in [-0.1, -0.05) is 18.2 Å². The number of halogens is 2. The van der Waals surface area contributed by atoms with Crippen molar-refractivity contribution < 1.29 is 13.9 Å². The lowest BCUT2D eigenvalue weighted by molar-refractivity contribution is 0.219. The van der Waals surface area contributed by atoms with Crippen LogP contribution >= 0.6 is 0 Å². The van der Waals surface area contributed by atoms with Gasteiger partial charge in [0.05, 0.1) is 0 Å². The van der Waals surface area contributed by atoms with E-state index in [4.69, 9.17) is 0 Å². The number of hydrogen-bond acceptors (Lipinski definition) is 1. The van der Waals surface area contributed by atoms with Crippen LogP contribution in [-0.2, 0) is 0 Å². The van der Waals surface area contributed by atoms with Crippen molar-refractivity contribution in [3.8, 4) is 0 Å². The Balaban J connectivity index is 2.39. The van der Waals surface area contributed by atoms with E-state index in [1.165, 1.54) is 30.3 Å². The van der Waals surface area contributed by atoms with Crippen LogP contribution in [0.15, 0.2) is 42.5 Å². The third-order valence-electron chi connectivity index (χ3n) is 2.54. The van der Waals surface area contributed by atoms with Crippen LogP contribution in [0.5, 0.6) is 0 Å². The molecule has 1 nitrogen and oxygen atoms in total. The van der Waals surface area contributed by atoms with Gasteiger partial charge in [0.25, 0.3) is 0 Å². The van der Waals surface area contributed by atoms with Gasteiger partial charge in [-0.2, -0.15) is 0 Å². The van der Waals surface area contributed by atoms with Crippen LogP contribution in [0.2, 0.25) is 0 Å². The Morgan fingerprint density at radius 3 is 2.29 bits per heavy atom. The van der Waals surface area contributed by atoms with E-state index in [0.29, 0.717) is 11.1 Å². The van der Waals surface area contributed by atoms with Crippen LogP contribution in [0.3, 0.4) is 0 Å². The van der Waals surface area contributed by atoms with Gasteiger partial charge < -0.3 is 5.11 Å². The molecule has 0 aliphatic heterocycles. The van der Waals surface area contributed by atoms with Gasteiger partial charge in [-0.25, -0.2) is 8.78 Å². The summed E-state index contributed by atoms with van der Waals surface area (Å²) in [4.78, 5) is 0. The zero-order chi connectivity index (χ0) is 12.4. The lowest BCUT2D eigenvalue weighted by atomic mass is 10.00. The Bertz CT molecular complexity index is 517. The minimum atomic E-state index is -1.01. The van der Waals surface area contributed by atoms with Crippen molar-refractivity contribution in [2.24, 2.45) is 0 Å². The predicted octanol–water partition coefficient (Wildman–Crippen LogP) is 3.35. The Morgan fingerprint density at radius 2 is 1.65 bits per heavy atom. The van der Waals surface area contributed by atoms with Crippen molar-refractivity contribution in [2.45, 2.75) is 13.0 Å². The highest BCUT2D eigenvalue weighted by atomic mass is 19.1. The molecule has 1 atom stereocenters. The van der Waals surface area contributed by atoms with Gasteiger partial charge in [0.2, 0.25) is 0 Å². The third-order valence-corrected chi connectivity index (χ3v) is 2.54. The highest BCUT2D eigenvalue weighted by molar-refractivity contribution is 5.32. The molecule has 0 bridgehead atoms. The maximum absolute atomic E-state index is 13.2. The minimum Gasteiger partial charge on any atom is -0.384 e. The molecule has 0 fully saturated rings. The maximum atomic E-state index is 13.2. The zero-order valence-corrected chi connectivity index (χ0v) is 9.32. The molecule has 88 valence electrons. The lowest BCUT2D eigenvalue weighted by Crippen LogP contribution is -2.01. The molecule has 0 saturated heterocycles. The number of aliphatic hydroxyl groups is 1. The van der Waals surface area contributed by atoms with Crippen LogP contribution in [0.1, 0.15) is 22.8 Å². The van der Waals surface area contributed by atoms with Gasteiger partial charge in [0.1, 0.15) is 17.7 Å². The lowest BCUT2D eigenvalue weighted by Gasteiger charge is -2.12. The van der Waals surface area contributed by atoms with E-state index in [9.17, 15) is 13.9 Å². The number of benzene rings is 2. The molecule has 1 unspecified atom stereocenters. The Hall–Kier alpha value is -1.74. The fraction of sp³-hybridized carbons (Fsp3) is 0.143. The minimum absolute atomic E-state index is 0.407. The molecule has 0 spiro atoms. The Kier molecular flexibility index (Phi) is 3.20. The first-order valence-electron chi connectivity index (χ1n) is 5.27. The van der Waals surface area contributed by atoms with Crippen LogP contribution in [0.25, 0.3) is 0 Å². The number of aliphatic hydroxyl groups excluding tert-OH is 1. The van der Waals surface area contributed by atoms with E-state index in [-0.39, 0.29) is 0 Å². The average Bonchev–Trinajstić information content (AvgIpc) is 2.26. The number of hydrogen-bond donors (Lipinski definition) is 1. The quantitative estimate of drug-likeness (QED) is 0.844. The van der Waals surface area contributed by atoms with E-state index >= 15 is 0 Å². The first-order valence-corrected chi connectivity index (χ1v) is 5.27. The van der Waals surface area contributed by atoms with Crippen molar-refractivity contribution in [1.82, 2.24) is 0 Å². The molecular formula is C14H12F2O. The molecule has 3 heteroatoms. The standard InChI is InChI=1S/C14H12F2O/c1-9-5-11(8-13(16)6-9)14(17)10-3-2-4-12(15)7-10/h2-8,14,17H,1H3. The zero-order valence-electron chi connectivity index (χ0n) is 9.32. The Morgan fingerprint density at radius 1 is 0.941 bits per heavy atom. The molecule has 2 rings (SSSR count). The van der Waals surface area contributed by atoms with E-state index in [0.717, 1.165) is 5.56 Å². The van der Waals surface area contributed by atoms with Gasteiger partial charge in [-0.15, -0.1) is 0 Å². The highest BCUT2D eigenvalue weighted by Gasteiger charge is 2.12. The van der Waals surface area contributed by atoms with E-state index in [1.54, 1.807) is 19.1 Å². The van der Waals surface area contributed by atoms with Crippen LogP contribution < -0.4 is 0 Å². The topological polar surface area (TPSA) is 20.2 Å². The molecule has 0 aliphatic rings. The largest absolute Gasteiger partial charge is 0.384 e. The summed E-state index contributed by atoms with van der Waals surface area (Å²) in [6.45, 7) is 1.74. The van der Waals surface area contributed by atoms with Gasteiger partial charge in [-0.05, 0) is 47.9 Å². The summed E-state index contributed by atoms with van der Waals surface area (Å²) >= 11 is 0. The molecule has 0 radical (unpaired) electrons. The van der Waals surface area contributed by atoms with Crippen molar-refractivity contribution in [3.05, 3.63) is 70.8 Å². The molecule has 0 heterocycles. The monoisotopic (exact) mass is 234 g/mol. The molecule has 0 amide bonds. The van der Waals surface area contributed by atoms with E-state index in [1.807, 2.05) is 0 Å². The number of rotatable bonds is 2. The second-order valence-corrected chi connectivity index (χ2v) is 4.02. The van der Waals surface area contributed by atoms with Crippen LogP contribution in [0, 0.1) is 18.6 Å². The summed E-state index contributed by atoms with van der Waals surface area (Å²) in [7, 11) is 0. The Labute approximate surface area is 98.3 Å². The van der Waals surface area contributed by atoms with Gasteiger partial charge in [0.15, 0.2) is 0 Å². The second kappa shape index (κ2) is 4.63. The van der Waals surface area contributed by atoms with Gasteiger partial charge in [-0.3, -0.25) is 0 Å². The predicted molar refractivity (Wildman–Crippen MR) is 61.6 cm³/mol. The maximum Gasteiger partial charge on any atom is 0.123 e. The summed E-state index contributed by atoms with van der Waals surface area (Å²) in [5.41, 5.74) is 1.55. The summed E-state index contributed by atoms with van der Waals surface area (Å²) in [6, 6.07) is 9.97. The van der Waals surface area contributed by atoms with Crippen molar-refractivity contribution in [3.63, 3.8) is 0 Å². The molecule has 0 saturated carbocycles. The fourth-order valence-corrected chi connectivity index (χ4v) is 1.79. The van der Waals surface area contributed by atoms with Crippen molar-refractivity contribution in [1.29, 1.82) is 0 Å². The smallest absolute Gasteiger partial charge is 0.123 e. The first kappa shape index (κ1) is 11.7. The van der Waals surface area contributed by atoms with E-state index in [2.05, 4.69) is 0 Å². The van der Waals surface area contributed by atoms with Gasteiger partial charge in [0, 0.05) is 0 Å². The summed E-state index contributed by atoms with van der Waals surface area (Å²) in [6.07, 6.45) is -1.01. The molecule has 0 aromatic heterocycles. The SMILES string of the molecule is Cc1cc(F)cc(C(O)c2cccc(F)c2)c1. The summed E-state index contributed by atoms with van der Waals surface area (Å²) in [5, 5.41) is 10.0. The molecule has 2 aromatic rings. The molecule has 2 aromatic carbocycles. The average molecular weight is 234 g/mol. The number of aryl methyl sites for hydroxylation is 1. The van der Waals surface area contributed by atoms with Gasteiger partial charge >= 0.3 is 0 Å². The normalized spacial score (nSPS) is 12.5. The third kappa shape index (κ3) is 2.68.